The number of nitrogens with zero attached hydrogens (tertiary/aromatic N) is 1. The van der Waals surface area contributed by atoms with E-state index < -0.39 is 11.9 Å². The average molecular weight is 335 g/mol. The van der Waals surface area contributed by atoms with Gasteiger partial charge in [0.05, 0.1) is 6.20 Å². The highest BCUT2D eigenvalue weighted by molar-refractivity contribution is 6.30. The Morgan fingerprint density at radius 3 is 2.91 bits per heavy atom. The normalized spacial score (nSPS) is 10.7. The number of hydrogen-bond donors (Lipinski definition) is 1. The molecule has 0 bridgehead atoms. The summed E-state index contributed by atoms with van der Waals surface area (Å²) in [6.45, 7) is 0.636. The maximum Gasteiger partial charge on any atom is 0.407 e. The highest BCUT2D eigenvalue weighted by atomic mass is 35.5. The Labute approximate surface area is 139 Å². The first-order chi connectivity index (χ1) is 11.1. The summed E-state index contributed by atoms with van der Waals surface area (Å²) in [5, 5.41) is 2.86. The van der Waals surface area contributed by atoms with Crippen LogP contribution in [-0.4, -0.2) is 17.6 Å². The van der Waals surface area contributed by atoms with E-state index >= 15 is 0 Å². The number of hydrogen-bond acceptors (Lipinski definition) is 3. The van der Waals surface area contributed by atoms with E-state index in [4.69, 9.17) is 16.3 Å². The molecule has 2 rings (SSSR count). The van der Waals surface area contributed by atoms with Crippen molar-refractivity contribution in [1.82, 2.24) is 10.3 Å². The van der Waals surface area contributed by atoms with E-state index in [1.807, 2.05) is 30.3 Å². The van der Waals surface area contributed by atoms with Gasteiger partial charge in [0.2, 0.25) is 0 Å². The van der Waals surface area contributed by atoms with Gasteiger partial charge < -0.3 is 10.1 Å². The van der Waals surface area contributed by atoms with Crippen molar-refractivity contribution in [2.24, 2.45) is 0 Å². The van der Waals surface area contributed by atoms with Crippen molar-refractivity contribution >= 4 is 23.8 Å². The Hall–Kier alpha value is -2.40. The zero-order valence-corrected chi connectivity index (χ0v) is 13.1. The largest absolute Gasteiger partial charge is 0.445 e. The second-order valence-electron chi connectivity index (χ2n) is 4.71. The average Bonchev–Trinajstić information content (AvgIpc) is 2.56. The summed E-state index contributed by atoms with van der Waals surface area (Å²) in [5.41, 5.74) is 1.43. The molecule has 0 aliphatic carbocycles. The molecule has 1 aromatic heterocycles. The third-order valence-corrected chi connectivity index (χ3v) is 3.24. The van der Waals surface area contributed by atoms with Crippen molar-refractivity contribution in [3.05, 3.63) is 70.8 Å². The summed E-state index contributed by atoms with van der Waals surface area (Å²) < 4.78 is 18.1. The van der Waals surface area contributed by atoms with Crippen LogP contribution in [0.2, 0.25) is 5.15 Å². The molecule has 0 atom stereocenters. The third kappa shape index (κ3) is 6.08. The van der Waals surface area contributed by atoms with E-state index in [1.165, 1.54) is 6.07 Å². The number of carbonyl (C=O) groups is 1. The molecule has 2 aromatic rings. The molecule has 0 saturated carbocycles. The number of alkyl carbamates (subject to hydrolysis) is 1. The van der Waals surface area contributed by atoms with Crippen LogP contribution in [0.3, 0.4) is 0 Å². The zero-order valence-electron chi connectivity index (χ0n) is 12.3. The highest BCUT2D eigenvalue weighted by Crippen LogP contribution is 2.15. The van der Waals surface area contributed by atoms with Crippen molar-refractivity contribution < 1.29 is 13.9 Å². The van der Waals surface area contributed by atoms with E-state index in [0.29, 0.717) is 18.5 Å². The molecule has 4 nitrogen and oxygen atoms in total. The predicted molar refractivity (Wildman–Crippen MR) is 87.5 cm³/mol. The molecule has 1 N–H and O–H groups in total. The first-order valence-electron chi connectivity index (χ1n) is 7.07. The molecule has 1 heterocycles. The van der Waals surface area contributed by atoms with E-state index in [9.17, 15) is 9.18 Å². The first-order valence-corrected chi connectivity index (χ1v) is 7.45. The van der Waals surface area contributed by atoms with Gasteiger partial charge in [-0.15, -0.1) is 0 Å². The number of benzene rings is 1. The minimum atomic E-state index is -0.479. The van der Waals surface area contributed by atoms with Gasteiger partial charge >= 0.3 is 6.09 Å². The fourth-order valence-corrected chi connectivity index (χ4v) is 1.96. The van der Waals surface area contributed by atoms with Gasteiger partial charge in [-0.2, -0.15) is 0 Å². The number of pyridine rings is 1. The van der Waals surface area contributed by atoms with Crippen molar-refractivity contribution in [1.29, 1.82) is 0 Å². The van der Waals surface area contributed by atoms with Crippen LogP contribution < -0.4 is 5.32 Å². The quantitative estimate of drug-likeness (QED) is 0.636. The fraction of sp³-hybridized carbons (Fsp3) is 0.176. The molecule has 0 unspecified atom stereocenters. The maximum atomic E-state index is 13.0. The van der Waals surface area contributed by atoms with Gasteiger partial charge in [-0.05, 0) is 18.1 Å². The highest BCUT2D eigenvalue weighted by Gasteiger charge is 2.02. The molecule has 1 aromatic carbocycles. The van der Waals surface area contributed by atoms with Crippen LogP contribution in [0.5, 0.6) is 0 Å². The first kappa shape index (κ1) is 17.0. The SMILES string of the molecule is O=C(NCCC=Cc1cc(F)cnc1Cl)OCc1ccccc1. The second-order valence-corrected chi connectivity index (χ2v) is 5.07. The maximum absolute atomic E-state index is 13.0. The molecule has 0 radical (unpaired) electrons. The number of halogens is 2. The van der Waals surface area contributed by atoms with Gasteiger partial charge in [0, 0.05) is 12.1 Å². The van der Waals surface area contributed by atoms with Gasteiger partial charge in [0.15, 0.2) is 0 Å². The molecule has 0 aliphatic rings. The molecule has 0 aliphatic heterocycles. The van der Waals surface area contributed by atoms with Gasteiger partial charge in [-0.3, -0.25) is 0 Å². The van der Waals surface area contributed by atoms with E-state index in [2.05, 4.69) is 10.3 Å². The number of rotatable bonds is 6. The van der Waals surface area contributed by atoms with Gasteiger partial charge in [-0.25, -0.2) is 14.2 Å². The predicted octanol–water partition coefficient (Wildman–Crippen LogP) is 4.20. The lowest BCUT2D eigenvalue weighted by molar-refractivity contribution is 0.140. The smallest absolute Gasteiger partial charge is 0.407 e. The minimum absolute atomic E-state index is 0.229. The molecule has 120 valence electrons. The van der Waals surface area contributed by atoms with Crippen LogP contribution in [0.1, 0.15) is 17.5 Å². The molecule has 0 spiro atoms. The summed E-state index contributed by atoms with van der Waals surface area (Å²) >= 11 is 5.84. The van der Waals surface area contributed by atoms with Crippen molar-refractivity contribution in [3.8, 4) is 0 Å². The molecular weight excluding hydrogens is 319 g/mol. The van der Waals surface area contributed by atoms with Crippen LogP contribution in [0.15, 0.2) is 48.7 Å². The molecular formula is C17H16ClFN2O2. The number of carbonyl (C=O) groups excluding carboxylic acids is 1. The van der Waals surface area contributed by atoms with E-state index in [-0.39, 0.29) is 11.8 Å². The number of aromatic nitrogens is 1. The van der Waals surface area contributed by atoms with Crippen molar-refractivity contribution in [2.75, 3.05) is 6.54 Å². The standard InChI is InChI=1S/C17H16ClFN2O2/c18-16-14(10-15(19)11-21-16)8-4-5-9-20-17(22)23-12-13-6-2-1-3-7-13/h1-4,6-8,10-11H,5,9,12H2,(H,20,22). The fourth-order valence-electron chi connectivity index (χ4n) is 1.80. The summed E-state index contributed by atoms with van der Waals surface area (Å²) in [5.74, 6) is -0.448. The zero-order chi connectivity index (χ0) is 16.5. The van der Waals surface area contributed by atoms with Crippen LogP contribution >= 0.6 is 11.6 Å². The van der Waals surface area contributed by atoms with Crippen LogP contribution in [0.4, 0.5) is 9.18 Å². The lowest BCUT2D eigenvalue weighted by Crippen LogP contribution is -2.24. The van der Waals surface area contributed by atoms with E-state index in [1.54, 1.807) is 12.2 Å². The molecule has 0 fully saturated rings. The monoisotopic (exact) mass is 334 g/mol. The van der Waals surface area contributed by atoms with Crippen molar-refractivity contribution in [2.45, 2.75) is 13.0 Å². The number of ether oxygens (including phenoxy) is 1. The van der Waals surface area contributed by atoms with Crippen LogP contribution in [-0.2, 0) is 11.3 Å². The second kappa shape index (κ2) is 8.90. The summed E-state index contributed by atoms with van der Waals surface area (Å²) in [6, 6.07) is 10.7. The summed E-state index contributed by atoms with van der Waals surface area (Å²) in [7, 11) is 0. The third-order valence-electron chi connectivity index (χ3n) is 2.92. The molecule has 23 heavy (non-hydrogen) atoms. The minimum Gasteiger partial charge on any atom is -0.445 e. The Morgan fingerprint density at radius 1 is 1.35 bits per heavy atom. The lowest BCUT2D eigenvalue weighted by atomic mass is 10.2. The van der Waals surface area contributed by atoms with Crippen LogP contribution in [0, 0.1) is 5.82 Å². The Kier molecular flexibility index (Phi) is 6.56. The van der Waals surface area contributed by atoms with E-state index in [0.717, 1.165) is 11.8 Å². The van der Waals surface area contributed by atoms with Gasteiger partial charge in [-0.1, -0.05) is 54.1 Å². The molecule has 6 heteroatoms. The molecule has 1 amide bonds. The Morgan fingerprint density at radius 2 is 2.13 bits per heavy atom. The Balaban J connectivity index is 1.67. The Bertz CT molecular complexity index is 678. The van der Waals surface area contributed by atoms with Crippen molar-refractivity contribution in [3.63, 3.8) is 0 Å². The number of amides is 1. The van der Waals surface area contributed by atoms with Gasteiger partial charge in [0.25, 0.3) is 0 Å². The number of nitrogens with one attached hydrogen (secondary N) is 1. The topological polar surface area (TPSA) is 51.2 Å². The molecule has 0 saturated heterocycles. The summed E-state index contributed by atoms with van der Waals surface area (Å²) in [4.78, 5) is 15.2. The van der Waals surface area contributed by atoms with Crippen LogP contribution in [0.25, 0.3) is 6.08 Å². The lowest BCUT2D eigenvalue weighted by Gasteiger charge is -2.05. The van der Waals surface area contributed by atoms with Gasteiger partial charge in [0.1, 0.15) is 17.6 Å². The summed E-state index contributed by atoms with van der Waals surface area (Å²) in [6.07, 6.45) is 4.58.